The zero-order valence-electron chi connectivity index (χ0n) is 12.0. The molecule has 1 fully saturated rings. The van der Waals surface area contributed by atoms with E-state index < -0.39 is 5.97 Å². The number of rotatable bonds is 4. The van der Waals surface area contributed by atoms with Crippen molar-refractivity contribution in [1.29, 1.82) is 0 Å². The van der Waals surface area contributed by atoms with Crippen molar-refractivity contribution in [2.75, 3.05) is 13.1 Å². The van der Waals surface area contributed by atoms with Gasteiger partial charge in [-0.3, -0.25) is 9.59 Å². The van der Waals surface area contributed by atoms with Gasteiger partial charge in [0.1, 0.15) is 0 Å². The maximum absolute atomic E-state index is 12.5. The van der Waals surface area contributed by atoms with Crippen LogP contribution in [0.15, 0.2) is 11.4 Å². The lowest BCUT2D eigenvalue weighted by Gasteiger charge is -2.35. The number of piperidine rings is 1. The molecule has 0 aliphatic carbocycles. The Morgan fingerprint density at radius 1 is 1.55 bits per heavy atom. The Morgan fingerprint density at radius 3 is 2.90 bits per heavy atom. The van der Waals surface area contributed by atoms with Crippen molar-refractivity contribution in [3.05, 3.63) is 21.9 Å². The summed E-state index contributed by atoms with van der Waals surface area (Å²) in [4.78, 5) is 26.3. The number of carboxylic acid groups (broad SMARTS) is 1. The molecule has 0 radical (unpaired) electrons. The van der Waals surface area contributed by atoms with Crippen LogP contribution in [0.2, 0.25) is 0 Å². The van der Waals surface area contributed by atoms with Gasteiger partial charge in [-0.1, -0.05) is 6.92 Å². The third-order valence-corrected chi connectivity index (χ3v) is 4.98. The Hall–Kier alpha value is -1.36. The van der Waals surface area contributed by atoms with E-state index in [2.05, 4.69) is 0 Å². The second-order valence-electron chi connectivity index (χ2n) is 5.62. The first kappa shape index (κ1) is 15.0. The van der Waals surface area contributed by atoms with Crippen LogP contribution < -0.4 is 0 Å². The Balaban J connectivity index is 2.02. The number of likely N-dealkylation sites (tertiary alicyclic amines) is 1. The number of carbonyl (C=O) groups is 2. The highest BCUT2D eigenvalue weighted by atomic mass is 32.1. The van der Waals surface area contributed by atoms with Crippen LogP contribution in [-0.4, -0.2) is 35.0 Å². The number of carboxylic acids is 1. The third kappa shape index (κ3) is 3.39. The van der Waals surface area contributed by atoms with Gasteiger partial charge in [-0.05, 0) is 43.0 Å². The second kappa shape index (κ2) is 6.39. The molecule has 0 bridgehead atoms. The van der Waals surface area contributed by atoms with Crippen LogP contribution in [-0.2, 0) is 4.79 Å². The largest absolute Gasteiger partial charge is 0.481 e. The molecule has 1 saturated heterocycles. The number of hydrogen-bond acceptors (Lipinski definition) is 3. The molecule has 2 heterocycles. The molecule has 110 valence electrons. The predicted octanol–water partition coefficient (Wildman–Crippen LogP) is 3.02. The van der Waals surface area contributed by atoms with E-state index in [1.54, 1.807) is 11.3 Å². The van der Waals surface area contributed by atoms with Crippen LogP contribution in [0.1, 0.15) is 41.4 Å². The molecule has 4 nitrogen and oxygen atoms in total. The van der Waals surface area contributed by atoms with E-state index in [1.165, 1.54) is 0 Å². The summed E-state index contributed by atoms with van der Waals surface area (Å²) in [6, 6.07) is 1.88. The van der Waals surface area contributed by atoms with Gasteiger partial charge in [0.2, 0.25) is 0 Å². The number of carbonyl (C=O) groups excluding carboxylic acids is 1. The molecule has 1 amide bonds. The van der Waals surface area contributed by atoms with Crippen molar-refractivity contribution in [3.63, 3.8) is 0 Å². The number of amides is 1. The van der Waals surface area contributed by atoms with E-state index in [0.29, 0.717) is 12.5 Å². The fourth-order valence-corrected chi connectivity index (χ4v) is 3.57. The Morgan fingerprint density at radius 2 is 2.30 bits per heavy atom. The zero-order valence-corrected chi connectivity index (χ0v) is 12.8. The molecule has 1 aliphatic heterocycles. The summed E-state index contributed by atoms with van der Waals surface area (Å²) in [6.45, 7) is 5.40. The highest BCUT2D eigenvalue weighted by molar-refractivity contribution is 7.10. The van der Waals surface area contributed by atoms with Gasteiger partial charge in [0.25, 0.3) is 5.91 Å². The summed E-state index contributed by atoms with van der Waals surface area (Å²) < 4.78 is 0. The van der Waals surface area contributed by atoms with Crippen LogP contribution in [0.25, 0.3) is 0 Å². The maximum Gasteiger partial charge on any atom is 0.303 e. The van der Waals surface area contributed by atoms with Crippen molar-refractivity contribution in [2.24, 2.45) is 11.8 Å². The molecular formula is C15H21NO3S. The van der Waals surface area contributed by atoms with Crippen LogP contribution in [0.3, 0.4) is 0 Å². The molecule has 2 atom stereocenters. The number of aliphatic carboxylic acids is 1. The molecule has 0 spiro atoms. The van der Waals surface area contributed by atoms with Crippen molar-refractivity contribution >= 4 is 23.2 Å². The molecule has 5 heteroatoms. The van der Waals surface area contributed by atoms with Gasteiger partial charge in [0, 0.05) is 24.4 Å². The summed E-state index contributed by atoms with van der Waals surface area (Å²) in [7, 11) is 0. The predicted molar refractivity (Wildman–Crippen MR) is 79.1 cm³/mol. The van der Waals surface area contributed by atoms with Gasteiger partial charge in [0.05, 0.1) is 5.56 Å². The Bertz CT molecular complexity index is 497. The lowest BCUT2D eigenvalue weighted by atomic mass is 9.84. The minimum atomic E-state index is -0.755. The highest BCUT2D eigenvalue weighted by Crippen LogP contribution is 2.28. The SMILES string of the molecule is Cc1sccc1C(=O)N1CCCC(C(C)CC(=O)O)C1. The summed E-state index contributed by atoms with van der Waals surface area (Å²) in [6.07, 6.45) is 2.16. The van der Waals surface area contributed by atoms with Gasteiger partial charge >= 0.3 is 5.97 Å². The van der Waals surface area contributed by atoms with Crippen molar-refractivity contribution < 1.29 is 14.7 Å². The quantitative estimate of drug-likeness (QED) is 0.929. The fourth-order valence-electron chi connectivity index (χ4n) is 2.88. The van der Waals surface area contributed by atoms with Crippen LogP contribution in [0.4, 0.5) is 0 Å². The molecule has 0 aromatic carbocycles. The minimum absolute atomic E-state index is 0.0935. The first-order chi connectivity index (χ1) is 9.49. The number of hydrogen-bond donors (Lipinski definition) is 1. The van der Waals surface area contributed by atoms with E-state index in [1.807, 2.05) is 30.2 Å². The van der Waals surface area contributed by atoms with Gasteiger partial charge in [-0.25, -0.2) is 0 Å². The van der Waals surface area contributed by atoms with Crippen molar-refractivity contribution in [1.82, 2.24) is 4.90 Å². The number of aryl methyl sites for hydroxylation is 1. The van der Waals surface area contributed by atoms with Gasteiger partial charge in [0.15, 0.2) is 0 Å². The average molecular weight is 295 g/mol. The van der Waals surface area contributed by atoms with Gasteiger partial charge in [-0.15, -0.1) is 11.3 Å². The number of thiophene rings is 1. The Kier molecular flexibility index (Phi) is 4.81. The average Bonchev–Trinajstić information content (AvgIpc) is 2.83. The molecule has 1 N–H and O–H groups in total. The molecule has 0 saturated carbocycles. The first-order valence-corrected chi connectivity index (χ1v) is 7.92. The van der Waals surface area contributed by atoms with E-state index >= 15 is 0 Å². The standard InChI is InChI=1S/C15H21NO3S/c1-10(8-14(17)18)12-4-3-6-16(9-12)15(19)13-5-7-20-11(13)2/h5,7,10,12H,3-4,6,8-9H2,1-2H3,(H,17,18). The van der Waals surface area contributed by atoms with Gasteiger partial charge < -0.3 is 10.0 Å². The maximum atomic E-state index is 12.5. The number of nitrogens with zero attached hydrogens (tertiary/aromatic N) is 1. The van der Waals surface area contributed by atoms with E-state index in [4.69, 9.17) is 5.11 Å². The second-order valence-corrected chi connectivity index (χ2v) is 6.74. The zero-order chi connectivity index (χ0) is 14.7. The van der Waals surface area contributed by atoms with Crippen molar-refractivity contribution in [3.8, 4) is 0 Å². The third-order valence-electron chi connectivity index (χ3n) is 4.14. The topological polar surface area (TPSA) is 57.6 Å². The monoisotopic (exact) mass is 295 g/mol. The lowest BCUT2D eigenvalue weighted by molar-refractivity contribution is -0.138. The van der Waals surface area contributed by atoms with Gasteiger partial charge in [-0.2, -0.15) is 0 Å². The minimum Gasteiger partial charge on any atom is -0.481 e. The summed E-state index contributed by atoms with van der Waals surface area (Å²) >= 11 is 1.59. The van der Waals surface area contributed by atoms with Crippen molar-refractivity contribution in [2.45, 2.75) is 33.1 Å². The molecule has 2 rings (SSSR count). The summed E-state index contributed by atoms with van der Waals surface area (Å²) in [5.74, 6) is -0.250. The smallest absolute Gasteiger partial charge is 0.303 e. The summed E-state index contributed by atoms with van der Waals surface area (Å²) in [5.41, 5.74) is 0.793. The molecule has 1 aromatic heterocycles. The van der Waals surface area contributed by atoms with E-state index in [0.717, 1.165) is 29.8 Å². The molecule has 1 aliphatic rings. The molecular weight excluding hydrogens is 274 g/mol. The fraction of sp³-hybridized carbons (Fsp3) is 0.600. The molecule has 2 unspecified atom stereocenters. The van der Waals surface area contributed by atoms with E-state index in [9.17, 15) is 9.59 Å². The molecule has 20 heavy (non-hydrogen) atoms. The normalized spacial score (nSPS) is 20.7. The van der Waals surface area contributed by atoms with Crippen LogP contribution >= 0.6 is 11.3 Å². The van der Waals surface area contributed by atoms with Crippen LogP contribution in [0, 0.1) is 18.8 Å². The Labute approximate surface area is 123 Å². The first-order valence-electron chi connectivity index (χ1n) is 7.04. The highest BCUT2D eigenvalue weighted by Gasteiger charge is 2.29. The summed E-state index contributed by atoms with van der Waals surface area (Å²) in [5, 5.41) is 10.8. The van der Waals surface area contributed by atoms with Crippen LogP contribution in [0.5, 0.6) is 0 Å². The molecule has 1 aromatic rings. The van der Waals surface area contributed by atoms with E-state index in [-0.39, 0.29) is 18.2 Å². The lowest BCUT2D eigenvalue weighted by Crippen LogP contribution is -2.42.